The highest BCUT2D eigenvalue weighted by Gasteiger charge is 2.22. The Kier molecular flexibility index (Phi) is 11.3. The van der Waals surface area contributed by atoms with Gasteiger partial charge in [-0.2, -0.15) is 0 Å². The van der Waals surface area contributed by atoms with Crippen LogP contribution in [0.15, 0.2) is 36.4 Å². The first-order valence-corrected chi connectivity index (χ1v) is 13.5. The zero-order valence-corrected chi connectivity index (χ0v) is 21.2. The summed E-state index contributed by atoms with van der Waals surface area (Å²) in [5, 5.41) is 0. The molecule has 0 spiro atoms. The van der Waals surface area contributed by atoms with Gasteiger partial charge in [0.25, 0.3) is 0 Å². The normalized spacial score (nSPS) is 12.3. The molecule has 2 nitrogen and oxygen atoms in total. The Morgan fingerprint density at radius 3 is 1.89 bits per heavy atom. The van der Waals surface area contributed by atoms with Crippen LogP contribution in [0.25, 0.3) is 0 Å². The molecular weight excluding hydrogens is 440 g/mol. The van der Waals surface area contributed by atoms with Crippen LogP contribution in [0.1, 0.15) is 114 Å². The number of anilines is 1. The maximum Gasteiger partial charge on any atom is 0.227 e. The number of fused-ring (bicyclic) bond motifs is 2. The molecule has 0 bridgehead atoms. The Bertz CT molecular complexity index is 1020. The van der Waals surface area contributed by atoms with Crippen LogP contribution in [0.4, 0.5) is 14.5 Å². The summed E-state index contributed by atoms with van der Waals surface area (Å²) in [4.78, 5) is 14.8. The molecule has 1 aliphatic heterocycles. The third kappa shape index (κ3) is 8.80. The lowest BCUT2D eigenvalue weighted by atomic mass is 10.0. The van der Waals surface area contributed by atoms with E-state index in [1.165, 1.54) is 88.5 Å². The highest BCUT2D eigenvalue weighted by atomic mass is 19.1. The van der Waals surface area contributed by atoms with Gasteiger partial charge in [-0.25, -0.2) is 8.78 Å². The Hall–Kier alpha value is -2.67. The molecule has 2 aromatic rings. The first-order valence-electron chi connectivity index (χ1n) is 13.5. The van der Waals surface area contributed by atoms with Gasteiger partial charge >= 0.3 is 0 Å². The lowest BCUT2D eigenvalue weighted by Gasteiger charge is -2.26. The second kappa shape index (κ2) is 14.7. The van der Waals surface area contributed by atoms with E-state index in [-0.39, 0.29) is 18.3 Å². The number of rotatable bonds is 14. The van der Waals surface area contributed by atoms with Crippen LogP contribution in [0.5, 0.6) is 0 Å². The van der Waals surface area contributed by atoms with E-state index in [1.54, 1.807) is 17.0 Å². The second-order valence-electron chi connectivity index (χ2n) is 9.69. The summed E-state index contributed by atoms with van der Waals surface area (Å²) < 4.78 is 27.9. The maximum absolute atomic E-state index is 14.1. The van der Waals surface area contributed by atoms with Gasteiger partial charge in [0, 0.05) is 17.5 Å². The summed E-state index contributed by atoms with van der Waals surface area (Å²) in [6.45, 7) is 2.44. The van der Waals surface area contributed by atoms with Crippen molar-refractivity contribution in [2.75, 3.05) is 4.90 Å². The number of amides is 1. The molecule has 2 aromatic carbocycles. The van der Waals surface area contributed by atoms with Crippen molar-refractivity contribution in [1.29, 1.82) is 0 Å². The van der Waals surface area contributed by atoms with Gasteiger partial charge < -0.3 is 4.90 Å². The van der Waals surface area contributed by atoms with E-state index < -0.39 is 5.82 Å². The molecule has 35 heavy (non-hydrogen) atoms. The maximum atomic E-state index is 14.1. The summed E-state index contributed by atoms with van der Waals surface area (Å²) in [6.07, 6.45) is 16.6. The van der Waals surface area contributed by atoms with Crippen LogP contribution < -0.4 is 4.90 Å². The highest BCUT2D eigenvalue weighted by Crippen LogP contribution is 2.28. The number of nitrogens with zero attached hydrogens (tertiary/aromatic N) is 1. The SMILES string of the molecule is CCCCCCCCCCCCCCCC(=O)N1Cc2cc(F)ccc2C#Cc2ccc(F)cc21. The smallest absolute Gasteiger partial charge is 0.227 e. The molecule has 4 heteroatoms. The average molecular weight is 480 g/mol. The fourth-order valence-corrected chi connectivity index (χ4v) is 4.69. The molecule has 3 rings (SSSR count). The Balaban J connectivity index is 1.45. The quantitative estimate of drug-likeness (QED) is 0.196. The van der Waals surface area contributed by atoms with Crippen LogP contribution in [-0.2, 0) is 11.3 Å². The van der Waals surface area contributed by atoms with Crippen molar-refractivity contribution < 1.29 is 13.6 Å². The lowest BCUT2D eigenvalue weighted by Crippen LogP contribution is -2.31. The monoisotopic (exact) mass is 479 g/mol. The van der Waals surface area contributed by atoms with E-state index in [4.69, 9.17) is 0 Å². The number of hydrogen-bond acceptors (Lipinski definition) is 1. The van der Waals surface area contributed by atoms with E-state index in [0.29, 0.717) is 28.8 Å². The summed E-state index contributed by atoms with van der Waals surface area (Å²) in [6, 6.07) is 8.76. The number of unbranched alkanes of at least 4 members (excludes halogenated alkanes) is 12. The fourth-order valence-electron chi connectivity index (χ4n) is 4.69. The third-order valence-electron chi connectivity index (χ3n) is 6.77. The van der Waals surface area contributed by atoms with Crippen molar-refractivity contribution in [3.8, 4) is 11.8 Å². The molecule has 1 aliphatic rings. The third-order valence-corrected chi connectivity index (χ3v) is 6.77. The fraction of sp³-hybridized carbons (Fsp3) is 0.516. The van der Waals surface area contributed by atoms with Gasteiger partial charge in [-0.3, -0.25) is 4.79 Å². The molecule has 1 heterocycles. The molecular formula is C31H39F2NO. The minimum absolute atomic E-state index is 0.0705. The van der Waals surface area contributed by atoms with Crippen LogP contribution in [0, 0.1) is 23.5 Å². The zero-order valence-electron chi connectivity index (χ0n) is 21.2. The first kappa shape index (κ1) is 26.9. The standard InChI is InChI=1S/C31H39F2NO/c1-2-3-4-5-6-7-8-9-10-11-12-13-14-15-31(35)34-24-27-22-28(32)20-18-25(27)16-17-26-19-21-29(33)23-30(26)34/h18-23H,2-15,24H2,1H3. The van der Waals surface area contributed by atoms with E-state index in [9.17, 15) is 13.6 Å². The molecule has 0 aromatic heterocycles. The van der Waals surface area contributed by atoms with Gasteiger partial charge in [-0.15, -0.1) is 0 Å². The minimum Gasteiger partial charge on any atom is -0.307 e. The van der Waals surface area contributed by atoms with E-state index in [2.05, 4.69) is 18.8 Å². The molecule has 0 aliphatic carbocycles. The van der Waals surface area contributed by atoms with E-state index in [1.807, 2.05) is 0 Å². The lowest BCUT2D eigenvalue weighted by molar-refractivity contribution is -0.118. The van der Waals surface area contributed by atoms with Gasteiger partial charge in [0.2, 0.25) is 5.91 Å². The molecule has 188 valence electrons. The molecule has 0 saturated heterocycles. The van der Waals surface area contributed by atoms with Crippen molar-refractivity contribution in [3.05, 3.63) is 64.7 Å². The van der Waals surface area contributed by atoms with Gasteiger partial charge in [0.15, 0.2) is 0 Å². The van der Waals surface area contributed by atoms with Gasteiger partial charge in [-0.1, -0.05) is 95.8 Å². The molecule has 0 radical (unpaired) electrons. The van der Waals surface area contributed by atoms with Crippen LogP contribution >= 0.6 is 0 Å². The number of hydrogen-bond donors (Lipinski definition) is 0. The van der Waals surface area contributed by atoms with Crippen LogP contribution in [0.2, 0.25) is 0 Å². The van der Waals surface area contributed by atoms with Gasteiger partial charge in [0.1, 0.15) is 11.6 Å². The molecule has 0 saturated carbocycles. The van der Waals surface area contributed by atoms with Gasteiger partial charge in [-0.05, 0) is 48.4 Å². The summed E-state index contributed by atoms with van der Waals surface area (Å²) in [5.74, 6) is 5.23. The van der Waals surface area contributed by atoms with Crippen molar-refractivity contribution >= 4 is 11.6 Å². The average Bonchev–Trinajstić information content (AvgIpc) is 2.84. The van der Waals surface area contributed by atoms with Crippen molar-refractivity contribution in [3.63, 3.8) is 0 Å². The molecule has 0 fully saturated rings. The highest BCUT2D eigenvalue weighted by molar-refractivity contribution is 5.95. The predicted molar refractivity (Wildman–Crippen MR) is 140 cm³/mol. The molecule has 1 amide bonds. The molecule has 0 N–H and O–H groups in total. The Morgan fingerprint density at radius 2 is 1.26 bits per heavy atom. The van der Waals surface area contributed by atoms with Crippen LogP contribution in [0.3, 0.4) is 0 Å². The number of benzene rings is 2. The molecule has 0 unspecified atom stereocenters. The minimum atomic E-state index is -0.413. The summed E-state index contributed by atoms with van der Waals surface area (Å²) in [5.41, 5.74) is 2.42. The van der Waals surface area contributed by atoms with Crippen LogP contribution in [-0.4, -0.2) is 5.91 Å². The topological polar surface area (TPSA) is 20.3 Å². The Labute approximate surface area is 210 Å². The van der Waals surface area contributed by atoms with Gasteiger partial charge in [0.05, 0.1) is 12.2 Å². The van der Waals surface area contributed by atoms with E-state index >= 15 is 0 Å². The first-order chi connectivity index (χ1) is 17.1. The number of carbonyl (C=O) groups excluding carboxylic acids is 1. The predicted octanol–water partition coefficient (Wildman–Crippen LogP) is 8.69. The van der Waals surface area contributed by atoms with E-state index in [0.717, 1.165) is 19.3 Å². The Morgan fingerprint density at radius 1 is 0.743 bits per heavy atom. The van der Waals surface area contributed by atoms with Crippen molar-refractivity contribution in [2.24, 2.45) is 0 Å². The van der Waals surface area contributed by atoms with Crippen molar-refractivity contribution in [2.45, 2.75) is 103 Å². The molecule has 0 atom stereocenters. The number of halogens is 2. The van der Waals surface area contributed by atoms with Crippen molar-refractivity contribution in [1.82, 2.24) is 0 Å². The number of carbonyl (C=O) groups is 1. The zero-order chi connectivity index (χ0) is 24.9. The second-order valence-corrected chi connectivity index (χ2v) is 9.69. The summed E-state index contributed by atoms with van der Waals surface area (Å²) in [7, 11) is 0. The summed E-state index contributed by atoms with van der Waals surface area (Å²) >= 11 is 0. The largest absolute Gasteiger partial charge is 0.307 e.